The van der Waals surface area contributed by atoms with Crippen molar-refractivity contribution in [2.45, 2.75) is 24.8 Å². The summed E-state index contributed by atoms with van der Waals surface area (Å²) in [6.45, 7) is 0.947. The first-order valence-electron chi connectivity index (χ1n) is 7.32. The molecule has 0 saturated heterocycles. The van der Waals surface area contributed by atoms with Crippen LogP contribution >= 0.6 is 11.6 Å². The van der Waals surface area contributed by atoms with Crippen molar-refractivity contribution in [3.63, 3.8) is 0 Å². The number of benzene rings is 1. The fraction of sp³-hybridized carbons (Fsp3) is 0.400. The van der Waals surface area contributed by atoms with Crippen LogP contribution in [-0.2, 0) is 9.53 Å². The molecule has 0 aromatic heterocycles. The van der Waals surface area contributed by atoms with Crippen LogP contribution in [-0.4, -0.2) is 42.0 Å². The van der Waals surface area contributed by atoms with Crippen LogP contribution in [0.1, 0.15) is 17.3 Å². The Bertz CT molecular complexity index is 759. The molecule has 1 N–H and O–H groups in total. The second-order valence-electron chi connectivity index (χ2n) is 5.44. The van der Waals surface area contributed by atoms with E-state index in [0.717, 1.165) is 29.7 Å². The largest absolute Gasteiger partial charge is 0.461 e. The van der Waals surface area contributed by atoms with Crippen molar-refractivity contribution >= 4 is 29.1 Å². The highest BCUT2D eigenvalue weighted by Gasteiger charge is 2.79. The molecule has 1 aliphatic rings. The van der Waals surface area contributed by atoms with E-state index in [1.54, 1.807) is 0 Å². The molecule has 0 saturated carbocycles. The van der Waals surface area contributed by atoms with Gasteiger partial charge in [0.15, 0.2) is 11.5 Å². The van der Waals surface area contributed by atoms with E-state index in [-0.39, 0.29) is 11.6 Å². The average molecular weight is 417 g/mol. The Morgan fingerprint density at radius 1 is 1.15 bits per heavy atom. The van der Waals surface area contributed by atoms with Crippen LogP contribution in [0.25, 0.3) is 0 Å². The van der Waals surface area contributed by atoms with Crippen molar-refractivity contribution in [2.24, 2.45) is 11.0 Å². The normalized spacial score (nSPS) is 19.3. The highest BCUT2D eigenvalue weighted by Crippen LogP contribution is 2.51. The minimum Gasteiger partial charge on any atom is -0.461 e. The van der Waals surface area contributed by atoms with Crippen LogP contribution < -0.4 is 5.43 Å². The molecule has 1 aromatic rings. The molecule has 0 amide bonds. The molecule has 2 rings (SSSR count). The van der Waals surface area contributed by atoms with E-state index < -0.39 is 46.8 Å². The van der Waals surface area contributed by atoms with E-state index >= 15 is 0 Å². The van der Waals surface area contributed by atoms with Gasteiger partial charge in [0.25, 0.3) is 5.54 Å². The van der Waals surface area contributed by atoms with Gasteiger partial charge in [0, 0.05) is 10.6 Å². The second-order valence-corrected chi connectivity index (χ2v) is 5.87. The summed E-state index contributed by atoms with van der Waals surface area (Å²) >= 11 is 5.62. The summed E-state index contributed by atoms with van der Waals surface area (Å²) in [6.07, 6.45) is -12.0. The molecule has 1 atom stereocenters. The molecule has 1 unspecified atom stereocenters. The predicted octanol–water partition coefficient (Wildman–Crippen LogP) is 3.52. The van der Waals surface area contributed by atoms with Gasteiger partial charge in [-0.1, -0.05) is 11.6 Å². The lowest BCUT2D eigenvalue weighted by molar-refractivity contribution is -0.309. The van der Waals surface area contributed by atoms with E-state index in [2.05, 4.69) is 9.84 Å². The molecule has 1 aromatic carbocycles. The fourth-order valence-corrected chi connectivity index (χ4v) is 2.69. The Morgan fingerprint density at radius 3 is 2.11 bits per heavy atom. The Balaban J connectivity index is 2.66. The van der Waals surface area contributed by atoms with Gasteiger partial charge in [0.1, 0.15) is 5.92 Å². The Morgan fingerprint density at radius 2 is 1.67 bits per heavy atom. The summed E-state index contributed by atoms with van der Waals surface area (Å²) in [5.41, 5.74) is -5.66. The van der Waals surface area contributed by atoms with E-state index in [4.69, 9.17) is 11.6 Å². The molecule has 27 heavy (non-hydrogen) atoms. The van der Waals surface area contributed by atoms with E-state index in [9.17, 15) is 35.9 Å². The van der Waals surface area contributed by atoms with Crippen molar-refractivity contribution in [2.75, 3.05) is 6.61 Å². The van der Waals surface area contributed by atoms with Crippen LogP contribution in [0.5, 0.6) is 0 Å². The molecular weight excluding hydrogens is 406 g/mol. The zero-order valence-corrected chi connectivity index (χ0v) is 14.2. The van der Waals surface area contributed by atoms with Gasteiger partial charge in [-0.15, -0.1) is 0 Å². The van der Waals surface area contributed by atoms with E-state index in [0.29, 0.717) is 0 Å². The summed E-state index contributed by atoms with van der Waals surface area (Å²) in [4.78, 5) is 24.5. The number of hydrogen-bond acceptors (Lipinski definition) is 5. The Hall–Kier alpha value is -2.30. The number of nitrogens with zero attached hydrogens (tertiary/aromatic N) is 1. The van der Waals surface area contributed by atoms with E-state index in [1.807, 2.05) is 0 Å². The molecule has 12 heteroatoms. The number of nitrogens with one attached hydrogen (secondary N) is 1. The topological polar surface area (TPSA) is 67.8 Å². The highest BCUT2D eigenvalue weighted by molar-refractivity contribution is 6.43. The highest BCUT2D eigenvalue weighted by atomic mass is 35.5. The van der Waals surface area contributed by atoms with E-state index in [1.165, 1.54) is 6.92 Å². The number of halogens is 7. The number of ketones is 1. The molecule has 0 spiro atoms. The van der Waals surface area contributed by atoms with Gasteiger partial charge in [-0.05, 0) is 31.2 Å². The Kier molecular flexibility index (Phi) is 5.46. The molecular formula is C15H11ClF6N2O3. The number of ether oxygens (including phenoxy) is 1. The lowest BCUT2D eigenvalue weighted by atomic mass is 9.76. The Labute approximate surface area is 153 Å². The summed E-state index contributed by atoms with van der Waals surface area (Å²) < 4.78 is 85.7. The van der Waals surface area contributed by atoms with Gasteiger partial charge in [-0.2, -0.15) is 31.4 Å². The summed E-state index contributed by atoms with van der Waals surface area (Å²) in [6, 6.07) is 4.12. The second kappa shape index (κ2) is 7.02. The third-order valence-corrected chi connectivity index (χ3v) is 4.08. The third kappa shape index (κ3) is 3.47. The smallest absolute Gasteiger partial charge is 0.423 e. The van der Waals surface area contributed by atoms with Gasteiger partial charge in [-0.3, -0.25) is 10.2 Å². The van der Waals surface area contributed by atoms with Crippen molar-refractivity contribution in [1.29, 1.82) is 0 Å². The van der Waals surface area contributed by atoms with Crippen LogP contribution in [0, 0.1) is 5.92 Å². The summed E-state index contributed by atoms with van der Waals surface area (Å²) in [5, 5.41) is 3.00. The number of carbonyl (C=O) groups excluding carboxylic acids is 2. The van der Waals surface area contributed by atoms with Crippen LogP contribution in [0.2, 0.25) is 5.02 Å². The lowest BCUT2D eigenvalue weighted by Crippen LogP contribution is -2.69. The van der Waals surface area contributed by atoms with Gasteiger partial charge < -0.3 is 4.74 Å². The maximum Gasteiger partial charge on any atom is 0.423 e. The van der Waals surface area contributed by atoms with Crippen molar-refractivity contribution in [3.8, 4) is 0 Å². The first kappa shape index (κ1) is 21.0. The number of Topliss-reactive ketones (excluding diaryl/α,β-unsaturated/α-hetero) is 1. The molecule has 0 fully saturated rings. The zero-order valence-electron chi connectivity index (χ0n) is 13.4. The van der Waals surface area contributed by atoms with Gasteiger partial charge in [0.05, 0.1) is 6.61 Å². The molecule has 0 radical (unpaired) electrons. The monoisotopic (exact) mass is 416 g/mol. The minimum atomic E-state index is -6.00. The third-order valence-electron chi connectivity index (χ3n) is 3.83. The number of carbonyl (C=O) groups is 2. The van der Waals surface area contributed by atoms with Gasteiger partial charge in [-0.25, -0.2) is 4.79 Å². The van der Waals surface area contributed by atoms with Crippen LogP contribution in [0.15, 0.2) is 29.4 Å². The summed E-state index contributed by atoms with van der Waals surface area (Å²) in [5.74, 6) is -6.21. The standard InChI is InChI=1S/C15H11ClF6N2O3/c1-2-27-12(26)10-9(11(25)7-3-5-8(16)6-4-7)13(24-23-10,14(17,18)19)15(20,21)22/h3-6,9,24H,2H2,1H3. The number of esters is 1. The van der Waals surface area contributed by atoms with Gasteiger partial charge in [0.2, 0.25) is 0 Å². The van der Waals surface area contributed by atoms with Crippen LogP contribution in [0.3, 0.4) is 0 Å². The molecule has 5 nitrogen and oxygen atoms in total. The number of alkyl halides is 6. The predicted molar refractivity (Wildman–Crippen MR) is 81.3 cm³/mol. The van der Waals surface area contributed by atoms with Gasteiger partial charge >= 0.3 is 18.3 Å². The first-order chi connectivity index (χ1) is 12.4. The molecule has 1 heterocycles. The van der Waals surface area contributed by atoms with Crippen molar-refractivity contribution in [1.82, 2.24) is 5.43 Å². The van der Waals surface area contributed by atoms with Crippen molar-refractivity contribution < 1.29 is 40.7 Å². The van der Waals surface area contributed by atoms with Crippen molar-refractivity contribution in [3.05, 3.63) is 34.9 Å². The number of rotatable bonds is 4. The maximum atomic E-state index is 13.5. The zero-order chi connectivity index (χ0) is 20.6. The summed E-state index contributed by atoms with van der Waals surface area (Å²) in [7, 11) is 0. The minimum absolute atomic E-state index is 0.105. The molecule has 0 bridgehead atoms. The quantitative estimate of drug-likeness (QED) is 0.463. The number of hydrazone groups is 1. The fourth-order valence-electron chi connectivity index (χ4n) is 2.57. The first-order valence-corrected chi connectivity index (χ1v) is 7.69. The van der Waals surface area contributed by atoms with Crippen LogP contribution in [0.4, 0.5) is 26.3 Å². The maximum absolute atomic E-state index is 13.5. The lowest BCUT2D eigenvalue weighted by Gasteiger charge is -2.37. The molecule has 148 valence electrons. The molecule has 0 aliphatic carbocycles. The number of hydrogen-bond donors (Lipinski definition) is 1. The SMILES string of the molecule is CCOC(=O)C1=NNC(C(F)(F)F)(C(F)(F)F)C1C(=O)c1ccc(Cl)cc1. The molecule has 1 aliphatic heterocycles. The average Bonchev–Trinajstić information content (AvgIpc) is 2.96.